The number of benzene rings is 1. The molecule has 0 radical (unpaired) electrons. The minimum absolute atomic E-state index is 0.0870. The van der Waals surface area contributed by atoms with Gasteiger partial charge in [-0.05, 0) is 18.2 Å². The molecule has 0 aromatic heterocycles. The summed E-state index contributed by atoms with van der Waals surface area (Å²) in [5.74, 6) is 0.642. The van der Waals surface area contributed by atoms with Crippen molar-refractivity contribution in [3.63, 3.8) is 0 Å². The van der Waals surface area contributed by atoms with Crippen molar-refractivity contribution in [2.24, 2.45) is 10.7 Å². The fraction of sp³-hybridized carbons (Fsp3) is 0.300. The highest BCUT2D eigenvalue weighted by molar-refractivity contribution is 6.30. The van der Waals surface area contributed by atoms with Gasteiger partial charge in [0.05, 0.1) is 0 Å². The van der Waals surface area contributed by atoms with Crippen LogP contribution in [-0.2, 0) is 4.74 Å². The molecule has 1 atom stereocenters. The summed E-state index contributed by atoms with van der Waals surface area (Å²) in [5.41, 5.74) is 6.40. The third kappa shape index (κ3) is 1.89. The molecule has 4 heteroatoms. The predicted octanol–water partition coefficient (Wildman–Crippen LogP) is 1.44. The first kappa shape index (κ1) is 9.49. The van der Waals surface area contributed by atoms with E-state index in [-0.39, 0.29) is 6.04 Å². The van der Waals surface area contributed by atoms with Gasteiger partial charge in [0.15, 0.2) is 0 Å². The second-order valence-corrected chi connectivity index (χ2v) is 3.58. The molecular weight excluding hydrogens is 200 g/mol. The van der Waals surface area contributed by atoms with E-state index in [1.165, 1.54) is 0 Å². The first-order chi connectivity index (χ1) is 6.79. The Morgan fingerprint density at radius 3 is 3.07 bits per heavy atom. The monoisotopic (exact) mass is 210 g/mol. The summed E-state index contributed by atoms with van der Waals surface area (Å²) >= 11 is 5.86. The molecule has 1 aliphatic heterocycles. The summed E-state index contributed by atoms with van der Waals surface area (Å²) in [5, 5.41) is 0.685. The molecule has 0 spiro atoms. The van der Waals surface area contributed by atoms with Crippen LogP contribution in [0.1, 0.15) is 5.56 Å². The summed E-state index contributed by atoms with van der Waals surface area (Å²) in [6, 6.07) is 7.53. The van der Waals surface area contributed by atoms with E-state index in [0.717, 1.165) is 5.56 Å². The van der Waals surface area contributed by atoms with E-state index in [9.17, 15) is 0 Å². The second kappa shape index (κ2) is 3.98. The topological polar surface area (TPSA) is 47.6 Å². The van der Waals surface area contributed by atoms with E-state index in [1.54, 1.807) is 0 Å². The molecule has 14 heavy (non-hydrogen) atoms. The summed E-state index contributed by atoms with van der Waals surface area (Å²) in [4.78, 5) is 4.33. The van der Waals surface area contributed by atoms with E-state index >= 15 is 0 Å². The molecule has 0 amide bonds. The van der Waals surface area contributed by atoms with Crippen molar-refractivity contribution < 1.29 is 4.74 Å². The quantitative estimate of drug-likeness (QED) is 0.803. The first-order valence-electron chi connectivity index (χ1n) is 4.46. The fourth-order valence-corrected chi connectivity index (χ4v) is 1.51. The van der Waals surface area contributed by atoms with Crippen LogP contribution in [0.25, 0.3) is 0 Å². The maximum absolute atomic E-state index is 5.86. The van der Waals surface area contributed by atoms with Gasteiger partial charge < -0.3 is 10.5 Å². The first-order valence-corrected chi connectivity index (χ1v) is 4.84. The van der Waals surface area contributed by atoms with E-state index in [4.69, 9.17) is 22.1 Å². The number of aliphatic imine (C=N–C) groups is 1. The zero-order valence-electron chi connectivity index (χ0n) is 7.61. The van der Waals surface area contributed by atoms with Crippen molar-refractivity contribution in [3.8, 4) is 0 Å². The Morgan fingerprint density at radius 2 is 2.43 bits per heavy atom. The third-order valence-electron chi connectivity index (χ3n) is 2.06. The highest BCUT2D eigenvalue weighted by Crippen LogP contribution is 2.15. The molecule has 1 heterocycles. The number of hydrogen-bond donors (Lipinski definition) is 1. The zero-order valence-corrected chi connectivity index (χ0v) is 8.37. The molecule has 0 aliphatic carbocycles. The van der Waals surface area contributed by atoms with Gasteiger partial charge in [0.25, 0.3) is 0 Å². The Morgan fingerprint density at radius 1 is 1.57 bits per heavy atom. The normalized spacial score (nSPS) is 20.4. The molecule has 1 aliphatic rings. The minimum Gasteiger partial charge on any atom is -0.475 e. The van der Waals surface area contributed by atoms with Crippen molar-refractivity contribution in [2.75, 3.05) is 13.2 Å². The average molecular weight is 211 g/mol. The van der Waals surface area contributed by atoms with Gasteiger partial charge in [0, 0.05) is 17.1 Å². The van der Waals surface area contributed by atoms with E-state index in [1.807, 2.05) is 24.3 Å². The van der Waals surface area contributed by atoms with Crippen molar-refractivity contribution >= 4 is 17.5 Å². The van der Waals surface area contributed by atoms with Crippen LogP contribution in [0, 0.1) is 0 Å². The van der Waals surface area contributed by atoms with Crippen LogP contribution in [0.2, 0.25) is 5.02 Å². The Balaban J connectivity index is 2.24. The number of halogens is 1. The Labute approximate surface area is 87.5 Å². The lowest BCUT2D eigenvalue weighted by molar-refractivity contribution is 0.319. The number of ether oxygens (including phenoxy) is 1. The Kier molecular flexibility index (Phi) is 2.70. The van der Waals surface area contributed by atoms with Crippen LogP contribution in [0.4, 0.5) is 0 Å². The summed E-state index contributed by atoms with van der Waals surface area (Å²) in [6.07, 6.45) is 0. The molecular formula is C10H11ClN2O. The van der Waals surface area contributed by atoms with Crippen molar-refractivity contribution in [3.05, 3.63) is 34.9 Å². The number of nitrogens with zero attached hydrogens (tertiary/aromatic N) is 1. The van der Waals surface area contributed by atoms with Gasteiger partial charge in [0.2, 0.25) is 5.90 Å². The van der Waals surface area contributed by atoms with Crippen LogP contribution >= 0.6 is 11.6 Å². The SMILES string of the molecule is NCC1COC(c2cccc(Cl)c2)=N1. The largest absolute Gasteiger partial charge is 0.475 e. The molecule has 2 N–H and O–H groups in total. The van der Waals surface area contributed by atoms with Gasteiger partial charge in [-0.1, -0.05) is 17.7 Å². The standard InChI is InChI=1S/C10H11ClN2O/c11-8-3-1-2-7(4-8)10-13-9(5-12)6-14-10/h1-4,9H,5-6,12H2. The molecule has 1 aromatic rings. The van der Waals surface area contributed by atoms with Gasteiger partial charge in [-0.2, -0.15) is 0 Å². The van der Waals surface area contributed by atoms with Crippen LogP contribution in [0.3, 0.4) is 0 Å². The second-order valence-electron chi connectivity index (χ2n) is 3.15. The Hall–Kier alpha value is -1.06. The molecule has 1 aromatic carbocycles. The molecule has 0 fully saturated rings. The van der Waals surface area contributed by atoms with Crippen LogP contribution < -0.4 is 5.73 Å². The molecule has 74 valence electrons. The van der Waals surface area contributed by atoms with Gasteiger partial charge in [-0.3, -0.25) is 0 Å². The number of nitrogens with two attached hydrogens (primary N) is 1. The summed E-state index contributed by atoms with van der Waals surface area (Å²) < 4.78 is 5.41. The minimum atomic E-state index is 0.0870. The maximum Gasteiger partial charge on any atom is 0.216 e. The summed E-state index contributed by atoms with van der Waals surface area (Å²) in [6.45, 7) is 1.09. The van der Waals surface area contributed by atoms with Gasteiger partial charge in [-0.15, -0.1) is 0 Å². The molecule has 3 nitrogen and oxygen atoms in total. The van der Waals surface area contributed by atoms with Crippen LogP contribution in [0.15, 0.2) is 29.3 Å². The van der Waals surface area contributed by atoms with E-state index in [2.05, 4.69) is 4.99 Å². The van der Waals surface area contributed by atoms with E-state index < -0.39 is 0 Å². The van der Waals surface area contributed by atoms with Crippen molar-refractivity contribution in [2.45, 2.75) is 6.04 Å². The van der Waals surface area contributed by atoms with Gasteiger partial charge in [-0.25, -0.2) is 4.99 Å². The van der Waals surface area contributed by atoms with Crippen molar-refractivity contribution in [1.82, 2.24) is 0 Å². The maximum atomic E-state index is 5.86. The van der Waals surface area contributed by atoms with Crippen molar-refractivity contribution in [1.29, 1.82) is 0 Å². The highest BCUT2D eigenvalue weighted by Gasteiger charge is 2.18. The average Bonchev–Trinajstić information content (AvgIpc) is 2.66. The smallest absolute Gasteiger partial charge is 0.216 e. The molecule has 2 rings (SSSR count). The lowest BCUT2D eigenvalue weighted by atomic mass is 10.2. The molecule has 0 saturated carbocycles. The lowest BCUT2D eigenvalue weighted by Crippen LogP contribution is -2.18. The lowest BCUT2D eigenvalue weighted by Gasteiger charge is -2.00. The van der Waals surface area contributed by atoms with E-state index in [0.29, 0.717) is 24.1 Å². The number of hydrogen-bond acceptors (Lipinski definition) is 3. The Bertz CT molecular complexity index is 365. The van der Waals surface area contributed by atoms with Crippen LogP contribution in [0.5, 0.6) is 0 Å². The number of rotatable bonds is 2. The van der Waals surface area contributed by atoms with Gasteiger partial charge >= 0.3 is 0 Å². The van der Waals surface area contributed by atoms with Gasteiger partial charge in [0.1, 0.15) is 12.6 Å². The molecule has 0 saturated heterocycles. The summed E-state index contributed by atoms with van der Waals surface area (Å²) in [7, 11) is 0. The van der Waals surface area contributed by atoms with Crippen LogP contribution in [-0.4, -0.2) is 25.1 Å². The predicted molar refractivity (Wildman–Crippen MR) is 56.8 cm³/mol. The fourth-order valence-electron chi connectivity index (χ4n) is 1.32. The highest BCUT2D eigenvalue weighted by atomic mass is 35.5. The molecule has 1 unspecified atom stereocenters. The zero-order chi connectivity index (χ0) is 9.97. The molecule has 0 bridgehead atoms. The third-order valence-corrected chi connectivity index (χ3v) is 2.29.